The van der Waals surface area contributed by atoms with Crippen molar-refractivity contribution in [3.8, 4) is 0 Å². The molecular weight excluding hydrogens is 316 g/mol. The molecule has 128 valence electrons. The highest BCUT2D eigenvalue weighted by atomic mass is 16.5. The Labute approximate surface area is 146 Å². The van der Waals surface area contributed by atoms with Crippen molar-refractivity contribution in [1.82, 2.24) is 0 Å². The number of rotatable bonds is 5. The molecule has 5 nitrogen and oxygen atoms in total. The van der Waals surface area contributed by atoms with Crippen molar-refractivity contribution in [1.29, 1.82) is 0 Å². The largest absolute Gasteiger partial charge is 0.462 e. The van der Waals surface area contributed by atoms with Gasteiger partial charge in [0.25, 0.3) is 5.91 Å². The van der Waals surface area contributed by atoms with Crippen LogP contribution in [0.5, 0.6) is 0 Å². The molecule has 25 heavy (non-hydrogen) atoms. The van der Waals surface area contributed by atoms with Crippen LogP contribution in [0.4, 0.5) is 11.4 Å². The van der Waals surface area contributed by atoms with Crippen LogP contribution in [0.1, 0.15) is 22.8 Å². The molecule has 1 amide bonds. The highest BCUT2D eigenvalue weighted by Crippen LogP contribution is 2.25. The van der Waals surface area contributed by atoms with Crippen LogP contribution in [0.3, 0.4) is 0 Å². The average Bonchev–Trinajstić information content (AvgIpc) is 2.96. The first-order valence-electron chi connectivity index (χ1n) is 8.20. The lowest BCUT2D eigenvalue weighted by atomic mass is 10.2. The third-order valence-electron chi connectivity index (χ3n) is 4.00. The third-order valence-corrected chi connectivity index (χ3v) is 4.00. The zero-order chi connectivity index (χ0) is 17.8. The minimum Gasteiger partial charge on any atom is -0.462 e. The number of benzene rings is 2. The van der Waals surface area contributed by atoms with Crippen LogP contribution >= 0.6 is 0 Å². The van der Waals surface area contributed by atoms with Gasteiger partial charge in [-0.25, -0.2) is 4.79 Å². The molecule has 1 heterocycles. The fraction of sp³-hybridized carbons (Fsp3) is 0.200. The normalized spacial score (nSPS) is 13.6. The third kappa shape index (κ3) is 3.71. The van der Waals surface area contributed by atoms with E-state index in [2.05, 4.69) is 5.32 Å². The van der Waals surface area contributed by atoms with Gasteiger partial charge in [0.2, 0.25) is 0 Å². The molecule has 0 spiro atoms. The second-order valence-electron chi connectivity index (χ2n) is 5.80. The fourth-order valence-corrected chi connectivity index (χ4v) is 2.76. The van der Waals surface area contributed by atoms with E-state index >= 15 is 0 Å². The van der Waals surface area contributed by atoms with Crippen LogP contribution in [0, 0.1) is 6.92 Å². The highest BCUT2D eigenvalue weighted by molar-refractivity contribution is 6.06. The van der Waals surface area contributed by atoms with E-state index in [1.54, 1.807) is 42.2 Å². The number of hydrogen-bond donors (Lipinski definition) is 1. The summed E-state index contributed by atoms with van der Waals surface area (Å²) in [6.45, 7) is 4.60. The van der Waals surface area contributed by atoms with Crippen LogP contribution in [-0.4, -0.2) is 25.0 Å². The Morgan fingerprint density at radius 2 is 1.88 bits per heavy atom. The van der Waals surface area contributed by atoms with Crippen LogP contribution in [-0.2, 0) is 9.53 Å². The first-order valence-corrected chi connectivity index (χ1v) is 8.20. The average molecular weight is 336 g/mol. The summed E-state index contributed by atoms with van der Waals surface area (Å²) in [7, 11) is 0. The van der Waals surface area contributed by atoms with E-state index in [1.807, 2.05) is 31.2 Å². The van der Waals surface area contributed by atoms with E-state index in [4.69, 9.17) is 4.74 Å². The lowest BCUT2D eigenvalue weighted by Gasteiger charge is -2.19. The maximum atomic E-state index is 12.3. The van der Waals surface area contributed by atoms with Crippen molar-refractivity contribution in [2.24, 2.45) is 0 Å². The van der Waals surface area contributed by atoms with Gasteiger partial charge in [-0.2, -0.15) is 0 Å². The van der Waals surface area contributed by atoms with Gasteiger partial charge in [0.05, 0.1) is 18.7 Å². The summed E-state index contributed by atoms with van der Waals surface area (Å²) in [5, 5.41) is 3.24. The Bertz CT molecular complexity index is 825. The molecule has 0 aromatic heterocycles. The van der Waals surface area contributed by atoms with Gasteiger partial charge >= 0.3 is 5.97 Å². The summed E-state index contributed by atoms with van der Waals surface area (Å²) in [6.07, 6.45) is 1.60. The Kier molecular flexibility index (Phi) is 4.84. The van der Waals surface area contributed by atoms with Gasteiger partial charge in [-0.15, -0.1) is 0 Å². The predicted octanol–water partition coefficient (Wildman–Crippen LogP) is 3.51. The second kappa shape index (κ2) is 7.21. The molecule has 0 atom stereocenters. The SMILES string of the molecule is CCOC(=O)c1ccc(NC2=CC(=O)N(c3ccccc3C)C2)cc1. The van der Waals surface area contributed by atoms with Crippen molar-refractivity contribution in [2.75, 3.05) is 23.4 Å². The van der Waals surface area contributed by atoms with Gasteiger partial charge in [-0.3, -0.25) is 4.79 Å². The van der Waals surface area contributed by atoms with Crippen LogP contribution in [0.25, 0.3) is 0 Å². The van der Waals surface area contributed by atoms with E-state index in [9.17, 15) is 9.59 Å². The maximum absolute atomic E-state index is 12.3. The summed E-state index contributed by atoms with van der Waals surface area (Å²) in [5.41, 5.74) is 4.11. The maximum Gasteiger partial charge on any atom is 0.338 e. The number of aryl methyl sites for hydroxylation is 1. The molecule has 2 aromatic carbocycles. The lowest BCUT2D eigenvalue weighted by Crippen LogP contribution is -2.26. The molecule has 1 aliphatic rings. The summed E-state index contributed by atoms with van der Waals surface area (Å²) < 4.78 is 4.97. The number of carbonyl (C=O) groups excluding carboxylic acids is 2. The van der Waals surface area contributed by atoms with Crippen molar-refractivity contribution in [2.45, 2.75) is 13.8 Å². The molecule has 1 N–H and O–H groups in total. The Balaban J connectivity index is 1.68. The van der Waals surface area contributed by atoms with Crippen molar-refractivity contribution in [3.63, 3.8) is 0 Å². The summed E-state index contributed by atoms with van der Waals surface area (Å²) >= 11 is 0. The number of para-hydroxylation sites is 1. The summed E-state index contributed by atoms with van der Waals surface area (Å²) in [4.78, 5) is 25.7. The molecule has 0 unspecified atom stereocenters. The Morgan fingerprint density at radius 1 is 1.16 bits per heavy atom. The number of ether oxygens (including phenoxy) is 1. The number of nitrogens with zero attached hydrogens (tertiary/aromatic N) is 1. The van der Waals surface area contributed by atoms with Gasteiger partial charge in [0.1, 0.15) is 0 Å². The number of nitrogens with one attached hydrogen (secondary N) is 1. The van der Waals surface area contributed by atoms with E-state index in [1.165, 1.54) is 0 Å². The zero-order valence-electron chi connectivity index (χ0n) is 14.3. The van der Waals surface area contributed by atoms with Gasteiger partial charge < -0.3 is 15.0 Å². The molecule has 0 bridgehead atoms. The monoisotopic (exact) mass is 336 g/mol. The van der Waals surface area contributed by atoms with E-state index in [-0.39, 0.29) is 11.9 Å². The Morgan fingerprint density at radius 3 is 2.56 bits per heavy atom. The molecule has 0 saturated carbocycles. The first-order chi connectivity index (χ1) is 12.1. The molecular formula is C20H20N2O3. The van der Waals surface area contributed by atoms with Gasteiger partial charge in [-0.05, 0) is 49.7 Å². The number of hydrogen-bond acceptors (Lipinski definition) is 4. The van der Waals surface area contributed by atoms with Crippen molar-refractivity contribution >= 4 is 23.3 Å². The molecule has 2 aromatic rings. The van der Waals surface area contributed by atoms with E-state index in [0.29, 0.717) is 18.7 Å². The molecule has 5 heteroatoms. The number of amides is 1. The quantitative estimate of drug-likeness (QED) is 0.849. The lowest BCUT2D eigenvalue weighted by molar-refractivity contribution is -0.113. The van der Waals surface area contributed by atoms with Crippen LogP contribution in [0.2, 0.25) is 0 Å². The number of esters is 1. The second-order valence-corrected chi connectivity index (χ2v) is 5.80. The van der Waals surface area contributed by atoms with Gasteiger partial charge in [-0.1, -0.05) is 18.2 Å². The molecule has 1 aliphatic heterocycles. The first kappa shape index (κ1) is 16.8. The Hall–Kier alpha value is -3.08. The predicted molar refractivity (Wildman–Crippen MR) is 97.6 cm³/mol. The van der Waals surface area contributed by atoms with Crippen molar-refractivity contribution in [3.05, 3.63) is 71.4 Å². The van der Waals surface area contributed by atoms with E-state index < -0.39 is 0 Å². The smallest absolute Gasteiger partial charge is 0.338 e. The minimum absolute atomic E-state index is 0.0417. The zero-order valence-corrected chi connectivity index (χ0v) is 14.3. The standard InChI is InChI=1S/C20H20N2O3/c1-3-25-20(24)15-8-10-16(11-9-15)21-17-12-19(23)22(13-17)18-7-5-4-6-14(18)2/h4-12,21H,3,13H2,1-2H3. The molecule has 0 aliphatic carbocycles. The molecule has 3 rings (SSSR count). The number of carbonyl (C=O) groups is 2. The van der Waals surface area contributed by atoms with Crippen LogP contribution in [0.15, 0.2) is 60.3 Å². The van der Waals surface area contributed by atoms with Crippen molar-refractivity contribution < 1.29 is 14.3 Å². The minimum atomic E-state index is -0.338. The highest BCUT2D eigenvalue weighted by Gasteiger charge is 2.24. The number of anilines is 2. The topological polar surface area (TPSA) is 58.6 Å². The van der Waals surface area contributed by atoms with Gasteiger partial charge in [0, 0.05) is 23.1 Å². The fourth-order valence-electron chi connectivity index (χ4n) is 2.76. The molecule has 0 fully saturated rings. The molecule has 0 saturated heterocycles. The summed E-state index contributed by atoms with van der Waals surface area (Å²) in [6, 6.07) is 14.8. The van der Waals surface area contributed by atoms with Crippen LogP contribution < -0.4 is 10.2 Å². The van der Waals surface area contributed by atoms with E-state index in [0.717, 1.165) is 22.6 Å². The molecule has 0 radical (unpaired) electrons. The van der Waals surface area contributed by atoms with Gasteiger partial charge in [0.15, 0.2) is 0 Å². The summed E-state index contributed by atoms with van der Waals surface area (Å²) in [5.74, 6) is -0.380.